The number of aliphatic carboxylic acids is 1. The van der Waals surface area contributed by atoms with Gasteiger partial charge >= 0.3 is 5.97 Å². The van der Waals surface area contributed by atoms with E-state index in [-0.39, 0.29) is 6.04 Å². The first-order valence-electron chi connectivity index (χ1n) is 3.66. The quantitative estimate of drug-likeness (QED) is 0.594. The predicted molar refractivity (Wildman–Crippen MR) is 37.6 cm³/mol. The topological polar surface area (TPSA) is 63.3 Å². The molecular formula is C7H13NO2. The van der Waals surface area contributed by atoms with Crippen molar-refractivity contribution in [1.29, 1.82) is 0 Å². The highest BCUT2D eigenvalue weighted by Crippen LogP contribution is 2.26. The molecule has 2 unspecified atom stereocenters. The largest absolute Gasteiger partial charge is 0.481 e. The van der Waals surface area contributed by atoms with Crippen molar-refractivity contribution in [3.05, 3.63) is 0 Å². The first-order chi connectivity index (χ1) is 4.68. The molecule has 0 saturated heterocycles. The van der Waals surface area contributed by atoms with Gasteiger partial charge in [-0.3, -0.25) is 4.79 Å². The smallest absolute Gasteiger partial charge is 0.303 e. The minimum absolute atomic E-state index is 0.254. The third kappa shape index (κ3) is 1.99. The molecule has 3 N–H and O–H groups in total. The van der Waals surface area contributed by atoms with Gasteiger partial charge in [0.05, 0.1) is 0 Å². The third-order valence-electron chi connectivity index (χ3n) is 2.05. The molecule has 0 amide bonds. The van der Waals surface area contributed by atoms with Crippen LogP contribution in [0.2, 0.25) is 0 Å². The van der Waals surface area contributed by atoms with E-state index in [2.05, 4.69) is 0 Å². The second kappa shape index (κ2) is 3.01. The number of carboxylic acid groups (broad SMARTS) is 1. The first-order valence-corrected chi connectivity index (χ1v) is 3.66. The Balaban J connectivity index is 2.24. The third-order valence-corrected chi connectivity index (χ3v) is 2.05. The van der Waals surface area contributed by atoms with Gasteiger partial charge in [0.25, 0.3) is 0 Å². The minimum atomic E-state index is -0.695. The maximum Gasteiger partial charge on any atom is 0.303 e. The fraction of sp³-hybridized carbons (Fsp3) is 0.857. The van der Waals surface area contributed by atoms with Gasteiger partial charge in [0.2, 0.25) is 0 Å². The van der Waals surface area contributed by atoms with E-state index in [1.54, 1.807) is 0 Å². The van der Waals surface area contributed by atoms with Crippen LogP contribution in [-0.2, 0) is 4.79 Å². The van der Waals surface area contributed by atoms with Crippen LogP contribution in [0, 0.1) is 5.92 Å². The molecule has 3 heteroatoms. The van der Waals surface area contributed by atoms with Gasteiger partial charge in [-0.2, -0.15) is 0 Å². The summed E-state index contributed by atoms with van der Waals surface area (Å²) in [6, 6.07) is 0.254. The zero-order chi connectivity index (χ0) is 7.56. The number of carboxylic acids is 1. The summed E-state index contributed by atoms with van der Waals surface area (Å²) >= 11 is 0. The summed E-state index contributed by atoms with van der Waals surface area (Å²) in [5.74, 6) is -0.355. The summed E-state index contributed by atoms with van der Waals surface area (Å²) in [7, 11) is 0. The van der Waals surface area contributed by atoms with E-state index >= 15 is 0 Å². The molecule has 1 fully saturated rings. The van der Waals surface area contributed by atoms with Gasteiger partial charge in [-0.15, -0.1) is 0 Å². The Morgan fingerprint density at radius 2 is 2.30 bits per heavy atom. The van der Waals surface area contributed by atoms with Crippen molar-refractivity contribution >= 4 is 5.97 Å². The molecule has 0 aromatic heterocycles. The number of rotatable bonds is 2. The first kappa shape index (κ1) is 7.54. The van der Waals surface area contributed by atoms with E-state index < -0.39 is 5.97 Å². The van der Waals surface area contributed by atoms with Crippen LogP contribution >= 0.6 is 0 Å². The lowest BCUT2D eigenvalue weighted by Crippen LogP contribution is -2.15. The van der Waals surface area contributed by atoms with E-state index in [1.807, 2.05) is 0 Å². The normalized spacial score (nSPS) is 32.5. The Bertz CT molecular complexity index is 136. The number of carbonyl (C=O) groups is 1. The van der Waals surface area contributed by atoms with E-state index in [1.165, 1.54) is 0 Å². The van der Waals surface area contributed by atoms with Crippen molar-refractivity contribution in [2.24, 2.45) is 11.7 Å². The molecule has 0 heterocycles. The van der Waals surface area contributed by atoms with Crippen LogP contribution in [0.3, 0.4) is 0 Å². The maximum absolute atomic E-state index is 10.2. The lowest BCUT2D eigenvalue weighted by Gasteiger charge is -2.03. The molecule has 1 saturated carbocycles. The van der Waals surface area contributed by atoms with Crippen LogP contribution in [0.25, 0.3) is 0 Å². The SMILES string of the molecule is NC1CCC(CC(=O)O)C1. The average molecular weight is 143 g/mol. The van der Waals surface area contributed by atoms with E-state index in [0.29, 0.717) is 12.3 Å². The summed E-state index contributed by atoms with van der Waals surface area (Å²) in [5.41, 5.74) is 5.61. The van der Waals surface area contributed by atoms with Crippen molar-refractivity contribution in [3.8, 4) is 0 Å². The summed E-state index contributed by atoms with van der Waals surface area (Å²) in [5, 5.41) is 8.42. The van der Waals surface area contributed by atoms with Crippen molar-refractivity contribution in [3.63, 3.8) is 0 Å². The van der Waals surface area contributed by atoms with E-state index in [0.717, 1.165) is 19.3 Å². The van der Waals surface area contributed by atoms with Gasteiger partial charge in [0.15, 0.2) is 0 Å². The van der Waals surface area contributed by atoms with Crippen LogP contribution in [0.15, 0.2) is 0 Å². The molecule has 2 atom stereocenters. The fourth-order valence-electron chi connectivity index (χ4n) is 1.55. The molecule has 0 spiro atoms. The van der Waals surface area contributed by atoms with E-state index in [4.69, 9.17) is 10.8 Å². The Hall–Kier alpha value is -0.570. The van der Waals surface area contributed by atoms with Crippen LogP contribution in [0.1, 0.15) is 25.7 Å². The molecule has 10 heavy (non-hydrogen) atoms. The van der Waals surface area contributed by atoms with Crippen LogP contribution in [0.4, 0.5) is 0 Å². The Morgan fingerprint density at radius 3 is 2.70 bits per heavy atom. The molecule has 3 nitrogen and oxygen atoms in total. The van der Waals surface area contributed by atoms with Gasteiger partial charge < -0.3 is 10.8 Å². The van der Waals surface area contributed by atoms with Gasteiger partial charge in [0.1, 0.15) is 0 Å². The molecule has 0 aromatic rings. The van der Waals surface area contributed by atoms with Crippen molar-refractivity contribution in [2.45, 2.75) is 31.7 Å². The lowest BCUT2D eigenvalue weighted by molar-refractivity contribution is -0.138. The summed E-state index contributed by atoms with van der Waals surface area (Å²) in [4.78, 5) is 10.2. The fourth-order valence-corrected chi connectivity index (χ4v) is 1.55. The second-order valence-electron chi connectivity index (χ2n) is 3.04. The number of hydrogen-bond acceptors (Lipinski definition) is 2. The van der Waals surface area contributed by atoms with Gasteiger partial charge in [-0.1, -0.05) is 0 Å². The number of hydrogen-bond donors (Lipinski definition) is 2. The van der Waals surface area contributed by atoms with Crippen molar-refractivity contribution in [1.82, 2.24) is 0 Å². The summed E-state index contributed by atoms with van der Waals surface area (Å²) in [6.07, 6.45) is 3.19. The Morgan fingerprint density at radius 1 is 1.60 bits per heavy atom. The maximum atomic E-state index is 10.2. The summed E-state index contributed by atoms with van der Waals surface area (Å²) < 4.78 is 0. The number of nitrogens with two attached hydrogens (primary N) is 1. The molecule has 1 aliphatic rings. The zero-order valence-electron chi connectivity index (χ0n) is 5.92. The molecule has 1 rings (SSSR count). The molecule has 0 bridgehead atoms. The van der Waals surface area contributed by atoms with Crippen molar-refractivity contribution < 1.29 is 9.90 Å². The van der Waals surface area contributed by atoms with Crippen LogP contribution in [-0.4, -0.2) is 17.1 Å². The molecule has 0 aliphatic heterocycles. The molecule has 1 aliphatic carbocycles. The van der Waals surface area contributed by atoms with Crippen molar-refractivity contribution in [2.75, 3.05) is 0 Å². The van der Waals surface area contributed by atoms with Gasteiger partial charge in [-0.05, 0) is 25.2 Å². The average Bonchev–Trinajstić information content (AvgIpc) is 2.13. The Kier molecular flexibility index (Phi) is 2.27. The van der Waals surface area contributed by atoms with Gasteiger partial charge in [-0.25, -0.2) is 0 Å². The summed E-state index contributed by atoms with van der Waals surface area (Å²) in [6.45, 7) is 0. The second-order valence-corrected chi connectivity index (χ2v) is 3.04. The highest BCUT2D eigenvalue weighted by Gasteiger charge is 2.23. The molecule has 0 aromatic carbocycles. The molecular weight excluding hydrogens is 130 g/mol. The predicted octanol–water partition coefficient (Wildman–Crippen LogP) is 0.588. The Labute approximate surface area is 60.2 Å². The molecule has 0 radical (unpaired) electrons. The molecule has 58 valence electrons. The minimum Gasteiger partial charge on any atom is -0.481 e. The lowest BCUT2D eigenvalue weighted by atomic mass is 10.0. The van der Waals surface area contributed by atoms with Crippen LogP contribution in [0.5, 0.6) is 0 Å². The van der Waals surface area contributed by atoms with E-state index in [9.17, 15) is 4.79 Å². The zero-order valence-corrected chi connectivity index (χ0v) is 5.92. The monoisotopic (exact) mass is 143 g/mol. The van der Waals surface area contributed by atoms with Gasteiger partial charge in [0, 0.05) is 12.5 Å². The standard InChI is InChI=1S/C7H13NO2/c8-6-2-1-5(3-6)4-7(9)10/h5-6H,1-4,8H2,(H,9,10). The highest BCUT2D eigenvalue weighted by molar-refractivity contribution is 5.67. The highest BCUT2D eigenvalue weighted by atomic mass is 16.4. The van der Waals surface area contributed by atoms with Crippen LogP contribution < -0.4 is 5.73 Å².